The van der Waals surface area contributed by atoms with Crippen molar-refractivity contribution in [3.63, 3.8) is 0 Å². The van der Waals surface area contributed by atoms with Gasteiger partial charge in [0.15, 0.2) is 5.50 Å². The molecule has 0 spiro atoms. The summed E-state index contributed by atoms with van der Waals surface area (Å²) in [6.07, 6.45) is -0.634. The van der Waals surface area contributed by atoms with E-state index in [1.165, 1.54) is 11.3 Å². The van der Waals surface area contributed by atoms with Gasteiger partial charge in [0.1, 0.15) is 6.34 Å². The fourth-order valence-corrected chi connectivity index (χ4v) is 1.20. The Labute approximate surface area is 86.9 Å². The first-order valence-corrected chi connectivity index (χ1v) is 4.62. The summed E-state index contributed by atoms with van der Waals surface area (Å²) in [5, 5.41) is 5.20. The SMILES string of the molecule is CCOC(=O)C(F)N1C=NN(C)C1S. The molecule has 1 heterocycles. The lowest BCUT2D eigenvalue weighted by molar-refractivity contribution is -0.154. The summed E-state index contributed by atoms with van der Waals surface area (Å²) in [5.41, 5.74) is -0.575. The van der Waals surface area contributed by atoms with E-state index in [0.29, 0.717) is 0 Å². The largest absolute Gasteiger partial charge is 0.462 e. The summed E-state index contributed by atoms with van der Waals surface area (Å²) in [4.78, 5) is 12.1. The van der Waals surface area contributed by atoms with Crippen molar-refractivity contribution < 1.29 is 13.9 Å². The Hall–Kier alpha value is -0.980. The Morgan fingerprint density at radius 2 is 2.50 bits per heavy atom. The second kappa shape index (κ2) is 4.50. The highest BCUT2D eigenvalue weighted by atomic mass is 32.1. The molecule has 80 valence electrons. The van der Waals surface area contributed by atoms with E-state index in [9.17, 15) is 9.18 Å². The van der Waals surface area contributed by atoms with Crippen molar-refractivity contribution in [2.45, 2.75) is 18.7 Å². The highest BCUT2D eigenvalue weighted by Crippen LogP contribution is 2.17. The molecule has 0 saturated carbocycles. The van der Waals surface area contributed by atoms with Crippen molar-refractivity contribution in [2.75, 3.05) is 13.7 Å². The van der Waals surface area contributed by atoms with Crippen LogP contribution in [-0.4, -0.2) is 47.7 Å². The molecule has 0 radical (unpaired) electrons. The maximum Gasteiger partial charge on any atom is 0.362 e. The molecular weight excluding hydrogens is 209 g/mol. The zero-order valence-corrected chi connectivity index (χ0v) is 8.82. The minimum Gasteiger partial charge on any atom is -0.462 e. The second-order valence-electron chi connectivity index (χ2n) is 2.69. The van der Waals surface area contributed by atoms with E-state index in [1.807, 2.05) is 0 Å². The first kappa shape index (κ1) is 11.1. The van der Waals surface area contributed by atoms with Crippen molar-refractivity contribution in [1.29, 1.82) is 0 Å². The summed E-state index contributed by atoms with van der Waals surface area (Å²) in [6.45, 7) is 1.77. The highest BCUT2D eigenvalue weighted by Gasteiger charge is 2.33. The van der Waals surface area contributed by atoms with Crippen LogP contribution in [0, 0.1) is 0 Å². The lowest BCUT2D eigenvalue weighted by atomic mass is 10.5. The van der Waals surface area contributed by atoms with Crippen LogP contribution >= 0.6 is 12.6 Å². The van der Waals surface area contributed by atoms with Gasteiger partial charge in [-0.3, -0.25) is 9.91 Å². The summed E-state index contributed by atoms with van der Waals surface area (Å²) >= 11 is 4.06. The first-order valence-electron chi connectivity index (χ1n) is 4.11. The van der Waals surface area contributed by atoms with E-state index in [-0.39, 0.29) is 6.61 Å². The Balaban J connectivity index is 2.57. The number of ether oxygens (including phenoxy) is 1. The molecule has 1 aliphatic heterocycles. The van der Waals surface area contributed by atoms with Crippen LogP contribution in [0.2, 0.25) is 0 Å². The third-order valence-electron chi connectivity index (χ3n) is 1.71. The molecule has 0 bridgehead atoms. The molecule has 0 aromatic heterocycles. The molecule has 0 aliphatic carbocycles. The predicted octanol–water partition coefficient (Wildman–Crippen LogP) is 0.249. The molecule has 5 nitrogen and oxygen atoms in total. The van der Waals surface area contributed by atoms with Crippen molar-refractivity contribution in [3.8, 4) is 0 Å². The van der Waals surface area contributed by atoms with Crippen molar-refractivity contribution >= 4 is 24.9 Å². The van der Waals surface area contributed by atoms with E-state index in [2.05, 4.69) is 22.5 Å². The van der Waals surface area contributed by atoms with Crippen LogP contribution < -0.4 is 0 Å². The molecule has 1 rings (SSSR count). The molecule has 1 aliphatic rings. The van der Waals surface area contributed by atoms with Crippen LogP contribution in [0.5, 0.6) is 0 Å². The minimum absolute atomic E-state index is 0.150. The standard InChI is InChI=1S/C7H12FN3O2S/c1-3-13-6(12)5(8)11-4-9-10(2)7(11)14/h4-5,7,14H,3H2,1-2H3. The van der Waals surface area contributed by atoms with Gasteiger partial charge in [-0.15, -0.1) is 12.6 Å². The van der Waals surface area contributed by atoms with Crippen LogP contribution in [0.25, 0.3) is 0 Å². The number of hydrogen-bond donors (Lipinski definition) is 1. The number of esters is 1. The molecule has 0 saturated heterocycles. The first-order chi connectivity index (χ1) is 6.57. The number of hydrazone groups is 1. The molecular formula is C7H12FN3O2S. The summed E-state index contributed by atoms with van der Waals surface area (Å²) < 4.78 is 17.9. The Morgan fingerprint density at radius 3 is 2.93 bits per heavy atom. The molecule has 2 unspecified atom stereocenters. The Bertz CT molecular complexity index is 251. The normalized spacial score (nSPS) is 22.7. The van der Waals surface area contributed by atoms with Crippen LogP contribution in [0.4, 0.5) is 4.39 Å². The summed E-state index contributed by atoms with van der Waals surface area (Å²) in [5.74, 6) is -0.923. The van der Waals surface area contributed by atoms with Crippen LogP contribution in [0.15, 0.2) is 5.10 Å². The van der Waals surface area contributed by atoms with Crippen LogP contribution in [-0.2, 0) is 9.53 Å². The third kappa shape index (κ3) is 2.09. The molecule has 0 N–H and O–H groups in total. The molecule has 0 fully saturated rings. The number of carbonyl (C=O) groups is 1. The van der Waals surface area contributed by atoms with Gasteiger partial charge in [-0.25, -0.2) is 9.18 Å². The van der Waals surface area contributed by atoms with Crippen LogP contribution in [0.3, 0.4) is 0 Å². The van der Waals surface area contributed by atoms with Crippen molar-refractivity contribution in [2.24, 2.45) is 5.10 Å². The number of alkyl halides is 1. The minimum atomic E-state index is -1.86. The number of nitrogens with zero attached hydrogens (tertiary/aromatic N) is 3. The number of hydrogen-bond acceptors (Lipinski definition) is 6. The number of rotatable bonds is 3. The van der Waals surface area contributed by atoms with Crippen molar-refractivity contribution in [3.05, 3.63) is 0 Å². The smallest absolute Gasteiger partial charge is 0.362 e. The van der Waals surface area contributed by atoms with E-state index in [4.69, 9.17) is 0 Å². The zero-order valence-electron chi connectivity index (χ0n) is 7.92. The van der Waals surface area contributed by atoms with E-state index in [0.717, 1.165) is 4.90 Å². The quantitative estimate of drug-likeness (QED) is 0.421. The maximum absolute atomic E-state index is 13.4. The van der Waals surface area contributed by atoms with Gasteiger partial charge in [-0.1, -0.05) is 0 Å². The van der Waals surface area contributed by atoms with E-state index < -0.39 is 17.8 Å². The van der Waals surface area contributed by atoms with Crippen LogP contribution in [0.1, 0.15) is 6.92 Å². The van der Waals surface area contributed by atoms with Gasteiger partial charge in [0.2, 0.25) is 0 Å². The Morgan fingerprint density at radius 1 is 1.86 bits per heavy atom. The van der Waals surface area contributed by atoms with Gasteiger partial charge in [0.05, 0.1) is 6.61 Å². The predicted molar refractivity (Wildman–Crippen MR) is 52.4 cm³/mol. The molecule has 0 aromatic rings. The van der Waals surface area contributed by atoms with Gasteiger partial charge in [-0.05, 0) is 6.92 Å². The molecule has 2 atom stereocenters. The van der Waals surface area contributed by atoms with E-state index in [1.54, 1.807) is 14.0 Å². The molecule has 14 heavy (non-hydrogen) atoms. The lowest BCUT2D eigenvalue weighted by Crippen LogP contribution is -2.43. The Kier molecular flexibility index (Phi) is 3.56. The highest BCUT2D eigenvalue weighted by molar-refractivity contribution is 7.80. The van der Waals surface area contributed by atoms with Gasteiger partial charge in [-0.2, -0.15) is 5.10 Å². The van der Waals surface area contributed by atoms with Gasteiger partial charge >= 0.3 is 5.97 Å². The number of carbonyl (C=O) groups excluding carboxylic acids is 1. The molecule has 0 aromatic carbocycles. The molecule has 7 heteroatoms. The average molecular weight is 221 g/mol. The van der Waals surface area contributed by atoms with Gasteiger partial charge < -0.3 is 4.74 Å². The topological polar surface area (TPSA) is 45.1 Å². The maximum atomic E-state index is 13.4. The third-order valence-corrected chi connectivity index (χ3v) is 2.31. The zero-order chi connectivity index (χ0) is 10.7. The second-order valence-corrected chi connectivity index (χ2v) is 3.15. The van der Waals surface area contributed by atoms with Gasteiger partial charge in [0, 0.05) is 7.05 Å². The summed E-state index contributed by atoms with van der Waals surface area (Å²) in [7, 11) is 1.63. The van der Waals surface area contributed by atoms with Gasteiger partial charge in [0.25, 0.3) is 6.30 Å². The number of halogens is 1. The fraction of sp³-hybridized carbons (Fsp3) is 0.714. The lowest BCUT2D eigenvalue weighted by Gasteiger charge is -2.25. The molecule has 0 amide bonds. The monoisotopic (exact) mass is 221 g/mol. The fourth-order valence-electron chi connectivity index (χ4n) is 0.962. The summed E-state index contributed by atoms with van der Waals surface area (Å²) in [6, 6.07) is 0. The average Bonchev–Trinajstić information content (AvgIpc) is 2.47. The number of thiol groups is 1. The van der Waals surface area contributed by atoms with E-state index >= 15 is 0 Å². The van der Waals surface area contributed by atoms with Crippen molar-refractivity contribution in [1.82, 2.24) is 9.91 Å².